The monoisotopic (exact) mass is 444 g/mol. The van der Waals surface area contributed by atoms with Crippen LogP contribution in [-0.4, -0.2) is 54.8 Å². The lowest BCUT2D eigenvalue weighted by atomic mass is 10.2. The van der Waals surface area contributed by atoms with E-state index in [0.29, 0.717) is 29.2 Å². The highest BCUT2D eigenvalue weighted by atomic mass is 35.5. The zero-order valence-corrected chi connectivity index (χ0v) is 17.9. The van der Waals surface area contributed by atoms with Crippen LogP contribution < -0.4 is 5.32 Å². The third-order valence-corrected chi connectivity index (χ3v) is 7.57. The van der Waals surface area contributed by atoms with E-state index < -0.39 is 10.0 Å². The van der Waals surface area contributed by atoms with Crippen molar-refractivity contribution in [2.75, 3.05) is 31.5 Å². The van der Waals surface area contributed by atoms with Crippen LogP contribution in [-0.2, 0) is 10.0 Å². The Morgan fingerprint density at radius 3 is 2.60 bits per heavy atom. The Morgan fingerprint density at radius 2 is 1.87 bits per heavy atom. The number of aromatic nitrogens is 1. The van der Waals surface area contributed by atoms with Crippen LogP contribution in [0.1, 0.15) is 5.56 Å². The van der Waals surface area contributed by atoms with E-state index in [1.54, 1.807) is 47.6 Å². The summed E-state index contributed by atoms with van der Waals surface area (Å²) < 4.78 is 27.8. The van der Waals surface area contributed by atoms with Crippen LogP contribution in [0.4, 0.5) is 10.5 Å². The summed E-state index contributed by atoms with van der Waals surface area (Å²) in [5.74, 6) is 0. The minimum atomic E-state index is -3.68. The number of amides is 2. The maximum Gasteiger partial charge on any atom is 0.321 e. The zero-order chi connectivity index (χ0) is 21.3. The molecule has 2 amide bonds. The molecule has 4 rings (SSSR count). The SMILES string of the molecule is Cc1ccc(NC(=O)N2CCN(S(=O)(=O)c3cccc4cnccc34)CC2)cc1Cl. The van der Waals surface area contributed by atoms with Crippen LogP contribution in [0.3, 0.4) is 0 Å². The number of carbonyl (C=O) groups is 1. The van der Waals surface area contributed by atoms with E-state index in [-0.39, 0.29) is 24.0 Å². The van der Waals surface area contributed by atoms with Gasteiger partial charge in [0.2, 0.25) is 10.0 Å². The van der Waals surface area contributed by atoms with Crippen molar-refractivity contribution in [3.8, 4) is 0 Å². The summed E-state index contributed by atoms with van der Waals surface area (Å²) >= 11 is 6.11. The van der Waals surface area contributed by atoms with Gasteiger partial charge in [-0.1, -0.05) is 29.8 Å². The zero-order valence-electron chi connectivity index (χ0n) is 16.4. The Kier molecular flexibility index (Phi) is 5.64. The van der Waals surface area contributed by atoms with Crippen molar-refractivity contribution >= 4 is 44.1 Å². The van der Waals surface area contributed by atoms with Gasteiger partial charge in [-0.2, -0.15) is 4.31 Å². The molecule has 1 N–H and O–H groups in total. The summed E-state index contributed by atoms with van der Waals surface area (Å²) in [6, 6.07) is 11.9. The second kappa shape index (κ2) is 8.22. The molecule has 2 heterocycles. The number of urea groups is 1. The minimum absolute atomic E-state index is 0.228. The Hall–Kier alpha value is -2.68. The molecule has 9 heteroatoms. The quantitative estimate of drug-likeness (QED) is 0.667. The normalized spacial score (nSPS) is 15.3. The van der Waals surface area contributed by atoms with Crippen molar-refractivity contribution < 1.29 is 13.2 Å². The molecule has 3 aromatic rings. The van der Waals surface area contributed by atoms with Gasteiger partial charge in [0.25, 0.3) is 0 Å². The average Bonchev–Trinajstić information content (AvgIpc) is 2.76. The molecule has 0 saturated carbocycles. The van der Waals surface area contributed by atoms with E-state index in [0.717, 1.165) is 10.9 Å². The van der Waals surface area contributed by atoms with Crippen LogP contribution in [0, 0.1) is 6.92 Å². The number of sulfonamides is 1. The Bertz CT molecular complexity index is 1200. The largest absolute Gasteiger partial charge is 0.322 e. The molecule has 0 atom stereocenters. The van der Waals surface area contributed by atoms with Gasteiger partial charge in [-0.15, -0.1) is 0 Å². The summed E-state index contributed by atoms with van der Waals surface area (Å²) in [5, 5.41) is 4.81. The van der Waals surface area contributed by atoms with Gasteiger partial charge in [0, 0.05) is 60.1 Å². The summed E-state index contributed by atoms with van der Waals surface area (Å²) in [5.41, 5.74) is 1.53. The summed E-state index contributed by atoms with van der Waals surface area (Å²) in [7, 11) is -3.68. The van der Waals surface area contributed by atoms with Gasteiger partial charge in [0.1, 0.15) is 0 Å². The second-order valence-electron chi connectivity index (χ2n) is 7.14. The molecule has 1 fully saturated rings. The number of aryl methyl sites for hydroxylation is 1. The molecule has 1 aliphatic heterocycles. The first-order valence-corrected chi connectivity index (χ1v) is 11.3. The Morgan fingerprint density at radius 1 is 1.10 bits per heavy atom. The fraction of sp³-hybridized carbons (Fsp3) is 0.238. The summed E-state index contributed by atoms with van der Waals surface area (Å²) in [6.07, 6.45) is 3.23. The first-order chi connectivity index (χ1) is 14.4. The average molecular weight is 445 g/mol. The van der Waals surface area contributed by atoms with E-state index in [4.69, 9.17) is 11.6 Å². The van der Waals surface area contributed by atoms with E-state index in [9.17, 15) is 13.2 Å². The lowest BCUT2D eigenvalue weighted by Gasteiger charge is -2.34. The molecule has 1 aliphatic rings. The van der Waals surface area contributed by atoms with Gasteiger partial charge in [0.15, 0.2) is 0 Å². The number of carbonyl (C=O) groups excluding carboxylic acids is 1. The van der Waals surface area contributed by atoms with Crippen molar-refractivity contribution in [2.45, 2.75) is 11.8 Å². The van der Waals surface area contributed by atoms with E-state index in [2.05, 4.69) is 10.3 Å². The third-order valence-electron chi connectivity index (χ3n) is 5.21. The number of halogens is 1. The van der Waals surface area contributed by atoms with Crippen LogP contribution >= 0.6 is 11.6 Å². The van der Waals surface area contributed by atoms with Crippen LogP contribution in [0.5, 0.6) is 0 Å². The highest BCUT2D eigenvalue weighted by Crippen LogP contribution is 2.26. The molecular formula is C21H21ClN4O3S. The number of pyridine rings is 1. The molecule has 1 saturated heterocycles. The summed E-state index contributed by atoms with van der Waals surface area (Å²) in [6.45, 7) is 2.95. The van der Waals surface area contributed by atoms with E-state index in [1.807, 2.05) is 19.1 Å². The molecule has 2 aromatic carbocycles. The van der Waals surface area contributed by atoms with Gasteiger partial charge in [-0.25, -0.2) is 13.2 Å². The van der Waals surface area contributed by atoms with Crippen molar-refractivity contribution in [3.63, 3.8) is 0 Å². The topological polar surface area (TPSA) is 82.6 Å². The number of benzene rings is 2. The number of fused-ring (bicyclic) bond motifs is 1. The molecule has 30 heavy (non-hydrogen) atoms. The number of anilines is 1. The molecule has 0 radical (unpaired) electrons. The van der Waals surface area contributed by atoms with Gasteiger partial charge in [0.05, 0.1) is 4.90 Å². The van der Waals surface area contributed by atoms with E-state index >= 15 is 0 Å². The van der Waals surface area contributed by atoms with Gasteiger partial charge in [-0.05, 0) is 36.8 Å². The lowest BCUT2D eigenvalue weighted by Crippen LogP contribution is -2.51. The maximum absolute atomic E-state index is 13.2. The molecule has 7 nitrogen and oxygen atoms in total. The maximum atomic E-state index is 13.2. The molecule has 0 spiro atoms. The van der Waals surface area contributed by atoms with Crippen molar-refractivity contribution in [2.24, 2.45) is 0 Å². The molecular weight excluding hydrogens is 424 g/mol. The lowest BCUT2D eigenvalue weighted by molar-refractivity contribution is 0.184. The summed E-state index contributed by atoms with van der Waals surface area (Å²) in [4.78, 5) is 18.5. The Labute approximate surface area is 180 Å². The van der Waals surface area contributed by atoms with Crippen LogP contribution in [0.2, 0.25) is 5.02 Å². The van der Waals surface area contributed by atoms with Crippen molar-refractivity contribution in [1.29, 1.82) is 0 Å². The standard InChI is InChI=1S/C21H21ClN4O3S/c1-15-5-6-17(13-19(15)22)24-21(27)25-9-11-26(12-10-25)30(28,29)20-4-2-3-16-14-23-8-7-18(16)20/h2-8,13-14H,9-12H2,1H3,(H,24,27). The molecule has 1 aromatic heterocycles. The van der Waals surface area contributed by atoms with Crippen molar-refractivity contribution in [1.82, 2.24) is 14.2 Å². The van der Waals surface area contributed by atoms with Gasteiger partial charge >= 0.3 is 6.03 Å². The Balaban J connectivity index is 1.46. The molecule has 0 aliphatic carbocycles. The smallest absolute Gasteiger partial charge is 0.321 e. The fourth-order valence-electron chi connectivity index (χ4n) is 3.46. The number of piperazine rings is 1. The highest BCUT2D eigenvalue weighted by molar-refractivity contribution is 7.89. The number of hydrogen-bond acceptors (Lipinski definition) is 4. The van der Waals surface area contributed by atoms with Gasteiger partial charge < -0.3 is 10.2 Å². The van der Waals surface area contributed by atoms with E-state index in [1.165, 1.54) is 4.31 Å². The predicted octanol–water partition coefficient (Wildman–Crippen LogP) is 3.74. The fourth-order valence-corrected chi connectivity index (χ4v) is 5.28. The third kappa shape index (κ3) is 3.98. The molecule has 156 valence electrons. The highest BCUT2D eigenvalue weighted by Gasteiger charge is 2.31. The molecule has 0 unspecified atom stereocenters. The first-order valence-electron chi connectivity index (χ1n) is 9.51. The number of rotatable bonds is 3. The first kappa shape index (κ1) is 20.6. The predicted molar refractivity (Wildman–Crippen MR) is 117 cm³/mol. The molecule has 0 bridgehead atoms. The van der Waals surface area contributed by atoms with Crippen LogP contribution in [0.25, 0.3) is 10.8 Å². The van der Waals surface area contributed by atoms with Crippen molar-refractivity contribution in [3.05, 3.63) is 65.4 Å². The van der Waals surface area contributed by atoms with Gasteiger partial charge in [-0.3, -0.25) is 4.98 Å². The number of hydrogen-bond donors (Lipinski definition) is 1. The second-order valence-corrected chi connectivity index (χ2v) is 9.45. The number of nitrogens with zero attached hydrogens (tertiary/aromatic N) is 3. The number of nitrogens with one attached hydrogen (secondary N) is 1. The minimum Gasteiger partial charge on any atom is -0.322 e. The van der Waals surface area contributed by atoms with Crippen LogP contribution in [0.15, 0.2) is 59.8 Å².